The van der Waals surface area contributed by atoms with Crippen molar-refractivity contribution in [2.24, 2.45) is 0 Å². The summed E-state index contributed by atoms with van der Waals surface area (Å²) in [5.41, 5.74) is 3.41. The molecule has 0 amide bonds. The lowest BCUT2D eigenvalue weighted by molar-refractivity contribution is 0.104. The first-order valence-corrected chi connectivity index (χ1v) is 8.37. The van der Waals surface area contributed by atoms with Crippen molar-refractivity contribution in [3.8, 4) is 17.2 Å². The number of methoxy groups -OCH3 is 1. The summed E-state index contributed by atoms with van der Waals surface area (Å²) >= 11 is 0. The van der Waals surface area contributed by atoms with Crippen molar-refractivity contribution < 1.29 is 19.7 Å². The highest BCUT2D eigenvalue weighted by Gasteiger charge is 2.21. The molecule has 2 aromatic carbocycles. The van der Waals surface area contributed by atoms with Crippen molar-refractivity contribution in [1.29, 1.82) is 0 Å². The molecule has 2 rings (SSSR count). The van der Waals surface area contributed by atoms with Crippen LogP contribution in [-0.4, -0.2) is 23.1 Å². The Morgan fingerprint density at radius 2 is 1.81 bits per heavy atom. The first kappa shape index (κ1) is 19.3. The summed E-state index contributed by atoms with van der Waals surface area (Å²) in [5.74, 6) is -0.605. The lowest BCUT2D eigenvalue weighted by atomic mass is 9.99. The Morgan fingerprint density at radius 1 is 1.15 bits per heavy atom. The molecule has 0 saturated carbocycles. The molecule has 136 valence electrons. The molecule has 0 aliphatic carbocycles. The fourth-order valence-corrected chi connectivity index (χ4v) is 2.51. The second-order valence-corrected chi connectivity index (χ2v) is 6.39. The lowest BCUT2D eigenvalue weighted by Gasteiger charge is -2.13. The Labute approximate surface area is 154 Å². The monoisotopic (exact) mass is 352 g/mol. The quantitative estimate of drug-likeness (QED) is 0.444. The molecular formula is C22H24O4. The van der Waals surface area contributed by atoms with Crippen LogP contribution in [0.15, 0.2) is 48.1 Å². The second-order valence-electron chi connectivity index (χ2n) is 6.39. The summed E-state index contributed by atoms with van der Waals surface area (Å²) in [7, 11) is 1.39. The Morgan fingerprint density at radius 3 is 2.38 bits per heavy atom. The highest BCUT2D eigenvalue weighted by atomic mass is 16.5. The SMILES string of the molecule is COc1cc(O)c(CC=C(C)C)c(O)c1C(=O)/C=C/c1ccc(C)cc1. The Kier molecular flexibility index (Phi) is 6.23. The lowest BCUT2D eigenvalue weighted by Crippen LogP contribution is -2.02. The highest BCUT2D eigenvalue weighted by Crippen LogP contribution is 2.39. The first-order valence-electron chi connectivity index (χ1n) is 8.37. The number of rotatable bonds is 6. The number of ketones is 1. The van der Waals surface area contributed by atoms with E-state index < -0.39 is 5.78 Å². The van der Waals surface area contributed by atoms with E-state index in [1.165, 1.54) is 19.3 Å². The van der Waals surface area contributed by atoms with E-state index in [4.69, 9.17) is 4.74 Å². The van der Waals surface area contributed by atoms with Gasteiger partial charge in [-0.3, -0.25) is 4.79 Å². The van der Waals surface area contributed by atoms with Gasteiger partial charge in [0.1, 0.15) is 22.8 Å². The third-order valence-corrected chi connectivity index (χ3v) is 4.03. The van der Waals surface area contributed by atoms with Crippen LogP contribution < -0.4 is 4.74 Å². The molecule has 0 aliphatic heterocycles. The number of ether oxygens (including phenoxy) is 1. The van der Waals surface area contributed by atoms with Gasteiger partial charge in [-0.2, -0.15) is 0 Å². The first-order chi connectivity index (χ1) is 12.3. The highest BCUT2D eigenvalue weighted by molar-refractivity contribution is 6.11. The predicted octanol–water partition coefficient (Wildman–Crippen LogP) is 4.82. The zero-order valence-electron chi connectivity index (χ0n) is 15.5. The largest absolute Gasteiger partial charge is 0.507 e. The third-order valence-electron chi connectivity index (χ3n) is 4.03. The average molecular weight is 352 g/mol. The second kappa shape index (κ2) is 8.39. The molecule has 4 heteroatoms. The van der Waals surface area contributed by atoms with Crippen molar-refractivity contribution in [2.45, 2.75) is 27.2 Å². The van der Waals surface area contributed by atoms with Gasteiger partial charge in [-0.15, -0.1) is 0 Å². The van der Waals surface area contributed by atoms with Crippen molar-refractivity contribution in [1.82, 2.24) is 0 Å². The average Bonchev–Trinajstić information content (AvgIpc) is 2.60. The number of aryl methyl sites for hydroxylation is 1. The van der Waals surface area contributed by atoms with E-state index in [0.717, 1.165) is 16.7 Å². The number of carbonyl (C=O) groups is 1. The fraction of sp³-hybridized carbons (Fsp3) is 0.227. The van der Waals surface area contributed by atoms with Gasteiger partial charge in [0.2, 0.25) is 0 Å². The molecule has 0 heterocycles. The number of hydrogen-bond acceptors (Lipinski definition) is 4. The molecule has 0 spiro atoms. The summed E-state index contributed by atoms with van der Waals surface area (Å²) in [5, 5.41) is 20.7. The van der Waals surface area contributed by atoms with Gasteiger partial charge in [-0.05, 0) is 38.8 Å². The summed E-state index contributed by atoms with van der Waals surface area (Å²) in [6, 6.07) is 9.10. The molecule has 0 bridgehead atoms. The maximum absolute atomic E-state index is 12.7. The number of carbonyl (C=O) groups excluding carboxylic acids is 1. The van der Waals surface area contributed by atoms with Gasteiger partial charge in [0, 0.05) is 11.6 Å². The number of hydrogen-bond donors (Lipinski definition) is 2. The minimum atomic E-state index is -0.390. The smallest absolute Gasteiger partial charge is 0.193 e. The molecule has 0 fully saturated rings. The van der Waals surface area contributed by atoms with E-state index in [2.05, 4.69) is 0 Å². The van der Waals surface area contributed by atoms with E-state index in [1.807, 2.05) is 51.1 Å². The van der Waals surface area contributed by atoms with Gasteiger partial charge in [0.25, 0.3) is 0 Å². The van der Waals surface area contributed by atoms with Crippen molar-refractivity contribution in [3.63, 3.8) is 0 Å². The van der Waals surface area contributed by atoms with Crippen LogP contribution in [0.1, 0.15) is 40.9 Å². The van der Waals surface area contributed by atoms with Crippen LogP contribution in [0.25, 0.3) is 6.08 Å². The van der Waals surface area contributed by atoms with Gasteiger partial charge in [-0.1, -0.05) is 47.6 Å². The van der Waals surface area contributed by atoms with Crippen molar-refractivity contribution in [3.05, 3.63) is 70.3 Å². The van der Waals surface area contributed by atoms with E-state index in [0.29, 0.717) is 12.0 Å². The Balaban J connectivity index is 2.42. The van der Waals surface area contributed by atoms with E-state index >= 15 is 0 Å². The van der Waals surface area contributed by atoms with Gasteiger partial charge in [-0.25, -0.2) is 0 Å². The maximum atomic E-state index is 12.7. The number of phenols is 2. The van der Waals surface area contributed by atoms with Gasteiger partial charge < -0.3 is 14.9 Å². The number of phenolic OH excluding ortho intramolecular Hbond substituents is 2. The fourth-order valence-electron chi connectivity index (χ4n) is 2.51. The van der Waals surface area contributed by atoms with E-state index in [-0.39, 0.29) is 22.8 Å². The topological polar surface area (TPSA) is 66.8 Å². The zero-order chi connectivity index (χ0) is 19.3. The summed E-state index contributed by atoms with van der Waals surface area (Å²) in [6.45, 7) is 5.84. The summed E-state index contributed by atoms with van der Waals surface area (Å²) < 4.78 is 5.19. The molecule has 0 atom stereocenters. The van der Waals surface area contributed by atoms with Gasteiger partial charge >= 0.3 is 0 Å². The summed E-state index contributed by atoms with van der Waals surface area (Å²) in [6.07, 6.45) is 5.27. The molecule has 0 aromatic heterocycles. The molecule has 2 N–H and O–H groups in total. The molecule has 0 unspecified atom stereocenters. The number of aromatic hydroxyl groups is 2. The van der Waals surface area contributed by atoms with Crippen molar-refractivity contribution >= 4 is 11.9 Å². The minimum absolute atomic E-state index is 0.0471. The predicted molar refractivity (Wildman–Crippen MR) is 104 cm³/mol. The minimum Gasteiger partial charge on any atom is -0.507 e. The normalized spacial score (nSPS) is 10.8. The molecule has 0 saturated heterocycles. The molecule has 0 radical (unpaired) electrons. The van der Waals surface area contributed by atoms with E-state index in [9.17, 15) is 15.0 Å². The molecule has 0 aliphatic rings. The van der Waals surface area contributed by atoms with Crippen molar-refractivity contribution in [2.75, 3.05) is 7.11 Å². The molecular weight excluding hydrogens is 328 g/mol. The Bertz CT molecular complexity index is 855. The van der Waals surface area contributed by atoms with Gasteiger partial charge in [0.15, 0.2) is 5.78 Å². The molecule has 26 heavy (non-hydrogen) atoms. The number of benzene rings is 2. The van der Waals surface area contributed by atoms with E-state index in [1.54, 1.807) is 6.08 Å². The van der Waals surface area contributed by atoms with Gasteiger partial charge in [0.05, 0.1) is 7.11 Å². The maximum Gasteiger partial charge on any atom is 0.193 e. The third kappa shape index (κ3) is 4.54. The zero-order valence-corrected chi connectivity index (χ0v) is 15.5. The van der Waals surface area contributed by atoms with Crippen LogP contribution in [0.4, 0.5) is 0 Å². The van der Waals surface area contributed by atoms with Crippen LogP contribution in [0.2, 0.25) is 0 Å². The van der Waals surface area contributed by atoms with Crippen LogP contribution in [0.5, 0.6) is 17.2 Å². The van der Waals surface area contributed by atoms with Crippen LogP contribution in [0.3, 0.4) is 0 Å². The van der Waals surface area contributed by atoms with Crippen LogP contribution in [0, 0.1) is 6.92 Å². The van der Waals surface area contributed by atoms with Crippen LogP contribution >= 0.6 is 0 Å². The molecule has 4 nitrogen and oxygen atoms in total. The molecule has 2 aromatic rings. The standard InChI is InChI=1S/C22H24O4/c1-14(2)5-11-17-19(24)13-20(26-4)21(22(17)25)18(23)12-10-16-8-6-15(3)7-9-16/h5-10,12-13,24-25H,11H2,1-4H3/b12-10+. The Hall–Kier alpha value is -3.01. The number of allylic oxidation sites excluding steroid dienone is 3. The van der Waals surface area contributed by atoms with Crippen LogP contribution in [-0.2, 0) is 6.42 Å². The summed E-state index contributed by atoms with van der Waals surface area (Å²) in [4.78, 5) is 12.7.